The van der Waals surface area contributed by atoms with Gasteiger partial charge in [-0.05, 0) is 59.4 Å². The van der Waals surface area contributed by atoms with Crippen LogP contribution in [0.1, 0.15) is 50.4 Å². The number of nitrogens with one attached hydrogen (secondary N) is 3. The summed E-state index contributed by atoms with van der Waals surface area (Å²) in [5, 5.41) is 9.38. The Morgan fingerprint density at radius 1 is 0.952 bits per heavy atom. The molecular formula is C34H43N5O3. The highest BCUT2D eigenvalue weighted by molar-refractivity contribution is 6.03. The van der Waals surface area contributed by atoms with Crippen molar-refractivity contribution in [3.63, 3.8) is 0 Å². The molecule has 0 aromatic heterocycles. The SMILES string of the molecule is C[C@H](CNC(C(=O)Nc1ccc(C(C)(C)C)cc1)c1ccc(C=CC(=O)Nc2ccccc2N)cc1)N1CCOCC1. The number of carbonyl (C=O) groups is 2. The maximum atomic E-state index is 13.6. The Bertz CT molecular complexity index is 1360. The number of anilines is 3. The fourth-order valence-corrected chi connectivity index (χ4v) is 4.82. The molecule has 0 saturated carbocycles. The zero-order valence-electron chi connectivity index (χ0n) is 25.0. The van der Waals surface area contributed by atoms with E-state index in [-0.39, 0.29) is 23.3 Å². The van der Waals surface area contributed by atoms with Gasteiger partial charge in [0.25, 0.3) is 0 Å². The third-order valence-corrected chi connectivity index (χ3v) is 7.48. The predicted molar refractivity (Wildman–Crippen MR) is 171 cm³/mol. The first-order valence-corrected chi connectivity index (χ1v) is 14.5. The predicted octanol–water partition coefficient (Wildman–Crippen LogP) is 5.21. The van der Waals surface area contributed by atoms with Gasteiger partial charge >= 0.3 is 0 Å². The standard InChI is InChI=1S/C34H43N5O3/c1-24(39-19-21-42-22-20-39)23-36-32(33(41)37-28-16-14-27(15-17-28)34(2,3)4)26-12-9-25(10-13-26)11-18-31(40)38-30-8-6-5-7-29(30)35/h5-18,24,32,36H,19-23,35H2,1-4H3,(H,37,41)(H,38,40)/t24-,32?/m1/s1. The minimum Gasteiger partial charge on any atom is -0.397 e. The summed E-state index contributed by atoms with van der Waals surface area (Å²) in [7, 11) is 0. The summed E-state index contributed by atoms with van der Waals surface area (Å²) < 4.78 is 5.50. The lowest BCUT2D eigenvalue weighted by Crippen LogP contribution is -2.48. The van der Waals surface area contributed by atoms with E-state index in [1.807, 2.05) is 48.5 Å². The molecule has 1 saturated heterocycles. The largest absolute Gasteiger partial charge is 0.397 e. The van der Waals surface area contributed by atoms with E-state index in [4.69, 9.17) is 10.5 Å². The quantitative estimate of drug-likeness (QED) is 0.197. The van der Waals surface area contributed by atoms with E-state index in [0.29, 0.717) is 17.9 Å². The molecular weight excluding hydrogens is 526 g/mol. The summed E-state index contributed by atoms with van der Waals surface area (Å²) in [6.07, 6.45) is 3.20. The number of morpholine rings is 1. The molecule has 1 unspecified atom stereocenters. The molecule has 2 atom stereocenters. The molecule has 4 rings (SSSR count). The molecule has 42 heavy (non-hydrogen) atoms. The Hall–Kier alpha value is -3.98. The third kappa shape index (κ3) is 8.76. The van der Waals surface area contributed by atoms with Gasteiger partial charge in [-0.2, -0.15) is 0 Å². The topological polar surface area (TPSA) is 109 Å². The molecule has 1 aliphatic rings. The maximum absolute atomic E-state index is 13.6. The van der Waals surface area contributed by atoms with Crippen molar-refractivity contribution in [2.24, 2.45) is 0 Å². The van der Waals surface area contributed by atoms with E-state index in [2.05, 4.69) is 60.7 Å². The van der Waals surface area contributed by atoms with Crippen LogP contribution in [0.25, 0.3) is 6.08 Å². The van der Waals surface area contributed by atoms with Gasteiger partial charge in [0.2, 0.25) is 11.8 Å². The summed E-state index contributed by atoms with van der Waals surface area (Å²) in [5.41, 5.74) is 10.7. The lowest BCUT2D eigenvalue weighted by molar-refractivity contribution is -0.118. The molecule has 0 radical (unpaired) electrons. The summed E-state index contributed by atoms with van der Waals surface area (Å²) in [4.78, 5) is 28.4. The van der Waals surface area contributed by atoms with E-state index >= 15 is 0 Å². The minimum atomic E-state index is -0.557. The Morgan fingerprint density at radius 3 is 2.26 bits per heavy atom. The average molecular weight is 570 g/mol. The number of nitrogen functional groups attached to an aromatic ring is 1. The first kappa shape index (κ1) is 31.0. The van der Waals surface area contributed by atoms with Crippen LogP contribution in [-0.2, 0) is 19.7 Å². The summed E-state index contributed by atoms with van der Waals surface area (Å²) in [6.45, 7) is 12.5. The molecule has 8 heteroatoms. The number of rotatable bonds is 10. The smallest absolute Gasteiger partial charge is 0.248 e. The van der Waals surface area contributed by atoms with Crippen LogP contribution in [-0.4, -0.2) is 55.6 Å². The van der Waals surface area contributed by atoms with Crippen LogP contribution in [0.2, 0.25) is 0 Å². The second-order valence-corrected chi connectivity index (χ2v) is 11.7. The highest BCUT2D eigenvalue weighted by Crippen LogP contribution is 2.25. The number of hydrogen-bond donors (Lipinski definition) is 4. The number of hydrogen-bond acceptors (Lipinski definition) is 6. The van der Waals surface area contributed by atoms with Crippen molar-refractivity contribution in [1.29, 1.82) is 0 Å². The molecule has 1 heterocycles. The van der Waals surface area contributed by atoms with Crippen LogP contribution < -0.4 is 21.7 Å². The summed E-state index contributed by atoms with van der Waals surface area (Å²) >= 11 is 0. The molecule has 3 aromatic carbocycles. The van der Waals surface area contributed by atoms with Gasteiger partial charge < -0.3 is 26.4 Å². The Morgan fingerprint density at radius 2 is 1.62 bits per heavy atom. The molecule has 1 fully saturated rings. The number of amides is 2. The van der Waals surface area contributed by atoms with E-state index in [1.165, 1.54) is 11.6 Å². The molecule has 0 bridgehead atoms. The van der Waals surface area contributed by atoms with Crippen LogP contribution in [0.15, 0.2) is 78.9 Å². The highest BCUT2D eigenvalue weighted by Gasteiger charge is 2.24. The zero-order chi connectivity index (χ0) is 30.1. The van der Waals surface area contributed by atoms with Gasteiger partial charge in [0.1, 0.15) is 6.04 Å². The summed E-state index contributed by atoms with van der Waals surface area (Å²) in [6, 6.07) is 22.5. The lowest BCUT2D eigenvalue weighted by atomic mass is 9.87. The molecule has 0 aliphatic carbocycles. The number of benzene rings is 3. The van der Waals surface area contributed by atoms with Crippen molar-refractivity contribution in [2.75, 3.05) is 49.2 Å². The Labute approximate surface area is 249 Å². The molecule has 3 aromatic rings. The van der Waals surface area contributed by atoms with Gasteiger partial charge in [-0.25, -0.2) is 0 Å². The lowest BCUT2D eigenvalue weighted by Gasteiger charge is -2.33. The molecule has 0 spiro atoms. The first-order chi connectivity index (χ1) is 20.1. The van der Waals surface area contributed by atoms with Crippen molar-refractivity contribution in [2.45, 2.75) is 45.2 Å². The monoisotopic (exact) mass is 569 g/mol. The van der Waals surface area contributed by atoms with E-state index in [0.717, 1.165) is 43.1 Å². The molecule has 2 amide bonds. The Balaban J connectivity index is 1.46. The van der Waals surface area contributed by atoms with Crippen LogP contribution in [0.4, 0.5) is 17.1 Å². The van der Waals surface area contributed by atoms with Gasteiger partial charge in [0.15, 0.2) is 0 Å². The number of para-hydroxylation sites is 2. The number of ether oxygens (including phenoxy) is 1. The third-order valence-electron chi connectivity index (χ3n) is 7.48. The van der Waals surface area contributed by atoms with Gasteiger partial charge in [-0.1, -0.05) is 69.3 Å². The first-order valence-electron chi connectivity index (χ1n) is 14.5. The van der Waals surface area contributed by atoms with Gasteiger partial charge in [0, 0.05) is 37.4 Å². The van der Waals surface area contributed by atoms with Crippen LogP contribution in [0.5, 0.6) is 0 Å². The zero-order valence-corrected chi connectivity index (χ0v) is 25.0. The van der Waals surface area contributed by atoms with Crippen molar-refractivity contribution in [3.05, 3.63) is 95.6 Å². The van der Waals surface area contributed by atoms with Gasteiger partial charge in [0.05, 0.1) is 24.6 Å². The molecule has 5 N–H and O–H groups in total. The Kier molecular flexibility index (Phi) is 10.5. The van der Waals surface area contributed by atoms with Crippen LogP contribution in [0, 0.1) is 0 Å². The van der Waals surface area contributed by atoms with E-state index in [9.17, 15) is 9.59 Å². The van der Waals surface area contributed by atoms with Gasteiger partial charge in [-0.3, -0.25) is 14.5 Å². The molecule has 1 aliphatic heterocycles. The van der Waals surface area contributed by atoms with E-state index < -0.39 is 6.04 Å². The number of carbonyl (C=O) groups excluding carboxylic acids is 2. The van der Waals surface area contributed by atoms with Crippen molar-refractivity contribution in [3.8, 4) is 0 Å². The average Bonchev–Trinajstić information content (AvgIpc) is 2.98. The van der Waals surface area contributed by atoms with Crippen molar-refractivity contribution in [1.82, 2.24) is 10.2 Å². The second kappa shape index (κ2) is 14.3. The number of nitrogens with zero attached hydrogens (tertiary/aromatic N) is 1. The second-order valence-electron chi connectivity index (χ2n) is 11.7. The van der Waals surface area contributed by atoms with Crippen LogP contribution >= 0.6 is 0 Å². The van der Waals surface area contributed by atoms with Gasteiger partial charge in [-0.15, -0.1) is 0 Å². The van der Waals surface area contributed by atoms with Crippen LogP contribution in [0.3, 0.4) is 0 Å². The highest BCUT2D eigenvalue weighted by atomic mass is 16.5. The van der Waals surface area contributed by atoms with Crippen molar-refractivity contribution < 1.29 is 14.3 Å². The fraction of sp³-hybridized carbons (Fsp3) is 0.353. The molecule has 8 nitrogen and oxygen atoms in total. The van der Waals surface area contributed by atoms with Crippen molar-refractivity contribution >= 4 is 35.0 Å². The fourth-order valence-electron chi connectivity index (χ4n) is 4.82. The maximum Gasteiger partial charge on any atom is 0.248 e. The minimum absolute atomic E-state index is 0.0357. The molecule has 222 valence electrons. The normalized spacial score (nSPS) is 15.7. The number of nitrogens with two attached hydrogens (primary N) is 1. The van der Waals surface area contributed by atoms with E-state index in [1.54, 1.807) is 18.2 Å². The summed E-state index contributed by atoms with van der Waals surface area (Å²) in [5.74, 6) is -0.402.